The van der Waals surface area contributed by atoms with Crippen LogP contribution in [0.2, 0.25) is 0 Å². The molecule has 0 aliphatic heterocycles. The molecular formula is C24H33N7O3. The zero-order valence-electron chi connectivity index (χ0n) is 20.3. The third kappa shape index (κ3) is 6.07. The van der Waals surface area contributed by atoms with E-state index < -0.39 is 0 Å². The summed E-state index contributed by atoms with van der Waals surface area (Å²) in [5, 5.41) is 5.80. The van der Waals surface area contributed by atoms with Crippen LogP contribution in [0.5, 0.6) is 0 Å². The van der Waals surface area contributed by atoms with E-state index in [9.17, 15) is 9.59 Å². The van der Waals surface area contributed by atoms with Gasteiger partial charge in [-0.1, -0.05) is 13.3 Å². The number of amides is 2. The Morgan fingerprint density at radius 3 is 2.47 bits per heavy atom. The lowest BCUT2D eigenvalue weighted by Crippen LogP contribution is -2.24. The highest BCUT2D eigenvalue weighted by molar-refractivity contribution is 6.04. The van der Waals surface area contributed by atoms with Gasteiger partial charge in [-0.3, -0.25) is 14.9 Å². The Kier molecular flexibility index (Phi) is 8.92. The second kappa shape index (κ2) is 12.1. The van der Waals surface area contributed by atoms with E-state index in [2.05, 4.69) is 32.5 Å². The summed E-state index contributed by atoms with van der Waals surface area (Å²) in [6.07, 6.45) is 5.32. The first kappa shape index (κ1) is 25.1. The van der Waals surface area contributed by atoms with E-state index in [-0.39, 0.29) is 11.8 Å². The van der Waals surface area contributed by atoms with Gasteiger partial charge in [0.05, 0.1) is 23.2 Å². The van der Waals surface area contributed by atoms with Gasteiger partial charge in [-0.05, 0) is 38.5 Å². The molecule has 182 valence electrons. The van der Waals surface area contributed by atoms with E-state index >= 15 is 0 Å². The molecule has 2 amide bonds. The lowest BCUT2D eigenvalue weighted by Gasteiger charge is -2.18. The van der Waals surface area contributed by atoms with Crippen LogP contribution in [0.4, 0.5) is 17.6 Å². The van der Waals surface area contributed by atoms with E-state index in [1.54, 1.807) is 7.11 Å². The summed E-state index contributed by atoms with van der Waals surface area (Å²) < 4.78 is 7.11. The van der Waals surface area contributed by atoms with Crippen molar-refractivity contribution in [3.8, 4) is 0 Å². The summed E-state index contributed by atoms with van der Waals surface area (Å²) in [4.78, 5) is 40.3. The molecule has 0 unspecified atom stereocenters. The molecule has 10 heteroatoms. The maximum Gasteiger partial charge on any atom is 0.261 e. The zero-order valence-corrected chi connectivity index (χ0v) is 20.3. The highest BCUT2D eigenvalue weighted by atomic mass is 16.5. The number of methoxy groups -OCH3 is 1. The second-order valence-electron chi connectivity index (χ2n) is 7.83. The number of hydrogen-bond acceptors (Lipinski definition) is 7. The molecule has 3 aromatic rings. The van der Waals surface area contributed by atoms with E-state index in [0.717, 1.165) is 31.4 Å². The monoisotopic (exact) mass is 467 g/mol. The number of unbranched alkanes of at least 4 members (excludes halogenated alkanes) is 1. The Morgan fingerprint density at radius 2 is 1.82 bits per heavy atom. The minimum absolute atomic E-state index is 0.0224. The Bertz CT molecular complexity index is 1110. The fourth-order valence-electron chi connectivity index (χ4n) is 3.55. The molecule has 0 atom stereocenters. The van der Waals surface area contributed by atoms with Crippen LogP contribution in [0.25, 0.3) is 11.0 Å². The maximum absolute atomic E-state index is 12.9. The molecule has 1 aromatic carbocycles. The van der Waals surface area contributed by atoms with Crippen molar-refractivity contribution in [2.45, 2.75) is 46.6 Å². The maximum atomic E-state index is 12.9. The van der Waals surface area contributed by atoms with Crippen LogP contribution in [-0.4, -0.2) is 58.1 Å². The average molecular weight is 468 g/mol. The molecule has 2 N–H and O–H groups in total. The minimum Gasteiger partial charge on any atom is -0.383 e. The molecule has 3 rings (SSSR count). The number of fused-ring (bicyclic) bond motifs is 1. The third-order valence-corrected chi connectivity index (χ3v) is 5.48. The Morgan fingerprint density at radius 1 is 1.09 bits per heavy atom. The van der Waals surface area contributed by atoms with Gasteiger partial charge in [0.25, 0.3) is 5.91 Å². The van der Waals surface area contributed by atoms with Gasteiger partial charge in [-0.15, -0.1) is 0 Å². The Hall–Kier alpha value is -3.53. The molecule has 2 aromatic heterocycles. The minimum atomic E-state index is -0.354. The van der Waals surface area contributed by atoms with Gasteiger partial charge in [0.1, 0.15) is 0 Å². The van der Waals surface area contributed by atoms with Crippen molar-refractivity contribution in [1.29, 1.82) is 0 Å². The van der Waals surface area contributed by atoms with Crippen molar-refractivity contribution in [1.82, 2.24) is 19.5 Å². The zero-order chi connectivity index (χ0) is 24.5. The third-order valence-electron chi connectivity index (χ3n) is 5.48. The summed E-state index contributed by atoms with van der Waals surface area (Å²) in [5.41, 5.74) is 2.51. The van der Waals surface area contributed by atoms with Crippen LogP contribution in [0.15, 0.2) is 30.6 Å². The van der Waals surface area contributed by atoms with Gasteiger partial charge in [0.2, 0.25) is 17.8 Å². The number of hydrogen-bond donors (Lipinski definition) is 2. The number of aromatic nitrogens is 4. The number of ether oxygens (including phenoxy) is 1. The van der Waals surface area contributed by atoms with Crippen molar-refractivity contribution in [3.05, 3.63) is 36.2 Å². The van der Waals surface area contributed by atoms with Crippen LogP contribution in [0, 0.1) is 0 Å². The molecule has 0 aliphatic carbocycles. The highest BCUT2D eigenvalue weighted by Crippen LogP contribution is 2.24. The molecule has 0 aliphatic rings. The highest BCUT2D eigenvalue weighted by Gasteiger charge is 2.17. The fourth-order valence-corrected chi connectivity index (χ4v) is 3.55. The molecule has 0 spiro atoms. The smallest absolute Gasteiger partial charge is 0.261 e. The largest absolute Gasteiger partial charge is 0.383 e. The summed E-state index contributed by atoms with van der Waals surface area (Å²) in [7, 11) is 1.62. The number of benzene rings is 1. The average Bonchev–Trinajstić information content (AvgIpc) is 3.18. The lowest BCUT2D eigenvalue weighted by molar-refractivity contribution is -0.116. The first-order chi connectivity index (χ1) is 16.5. The molecule has 0 saturated carbocycles. The van der Waals surface area contributed by atoms with E-state index in [1.165, 1.54) is 12.4 Å². The van der Waals surface area contributed by atoms with Gasteiger partial charge >= 0.3 is 0 Å². The van der Waals surface area contributed by atoms with Crippen molar-refractivity contribution in [2.75, 3.05) is 42.3 Å². The number of nitrogens with one attached hydrogen (secondary N) is 2. The second-order valence-corrected chi connectivity index (χ2v) is 7.83. The number of carbonyl (C=O) groups excluding carboxylic acids is 2. The number of rotatable bonds is 12. The molecule has 0 bridgehead atoms. The van der Waals surface area contributed by atoms with E-state index in [1.807, 2.05) is 41.5 Å². The SMILES string of the molecule is CCCCC(=O)Nc1ccc2nc(NC(=O)c3cnc(N(CC)CC)nc3)n(CCOC)c2c1. The van der Waals surface area contributed by atoms with Gasteiger partial charge in [-0.25, -0.2) is 15.0 Å². The molecular weight excluding hydrogens is 434 g/mol. The molecule has 10 nitrogen and oxygen atoms in total. The van der Waals surface area contributed by atoms with Gasteiger partial charge in [0, 0.05) is 51.2 Å². The van der Waals surface area contributed by atoms with Crippen LogP contribution < -0.4 is 15.5 Å². The molecule has 0 saturated heterocycles. The topological polar surface area (TPSA) is 114 Å². The van der Waals surface area contributed by atoms with Crippen molar-refractivity contribution in [2.24, 2.45) is 0 Å². The first-order valence-corrected chi connectivity index (χ1v) is 11.7. The van der Waals surface area contributed by atoms with Crippen LogP contribution >= 0.6 is 0 Å². The van der Waals surface area contributed by atoms with Crippen molar-refractivity contribution >= 4 is 40.4 Å². The van der Waals surface area contributed by atoms with Gasteiger partial charge in [0.15, 0.2) is 0 Å². The number of imidazole rings is 1. The Labute approximate surface area is 199 Å². The quantitative estimate of drug-likeness (QED) is 0.417. The lowest BCUT2D eigenvalue weighted by atomic mass is 10.2. The Balaban J connectivity index is 1.84. The molecule has 0 radical (unpaired) electrons. The predicted octanol–water partition coefficient (Wildman–Crippen LogP) is 3.70. The van der Waals surface area contributed by atoms with E-state index in [4.69, 9.17) is 4.74 Å². The first-order valence-electron chi connectivity index (χ1n) is 11.7. The number of anilines is 3. The summed E-state index contributed by atoms with van der Waals surface area (Å²) in [5.74, 6) is 0.598. The fraction of sp³-hybridized carbons (Fsp3) is 0.458. The van der Waals surface area contributed by atoms with Crippen LogP contribution in [0.3, 0.4) is 0 Å². The number of carbonyl (C=O) groups is 2. The van der Waals surface area contributed by atoms with E-state index in [0.29, 0.717) is 48.2 Å². The summed E-state index contributed by atoms with van der Waals surface area (Å²) in [6, 6.07) is 5.50. The summed E-state index contributed by atoms with van der Waals surface area (Å²) in [6.45, 7) is 8.59. The standard InChI is InChI=1S/C24H33N7O3/c1-5-8-9-21(32)27-18-10-11-19-20(14-18)31(12-13-34-4)24(28-19)29-22(33)17-15-25-23(26-16-17)30(6-2)7-3/h10-11,14-16H,5-9,12-13H2,1-4H3,(H,27,32)(H,28,29,33). The van der Waals surface area contributed by atoms with Crippen molar-refractivity contribution in [3.63, 3.8) is 0 Å². The van der Waals surface area contributed by atoms with Gasteiger partial charge < -0.3 is 19.5 Å². The molecule has 0 fully saturated rings. The molecule has 2 heterocycles. The normalized spacial score (nSPS) is 10.9. The van der Waals surface area contributed by atoms with Crippen molar-refractivity contribution < 1.29 is 14.3 Å². The van der Waals surface area contributed by atoms with Gasteiger partial charge in [-0.2, -0.15) is 0 Å². The molecule has 34 heavy (non-hydrogen) atoms. The van der Waals surface area contributed by atoms with Crippen LogP contribution in [-0.2, 0) is 16.1 Å². The predicted molar refractivity (Wildman–Crippen MR) is 133 cm³/mol. The van der Waals surface area contributed by atoms with Crippen LogP contribution in [0.1, 0.15) is 50.4 Å². The number of nitrogens with zero attached hydrogens (tertiary/aromatic N) is 5. The summed E-state index contributed by atoms with van der Waals surface area (Å²) >= 11 is 0.